The largest absolute Gasteiger partial charge is 0.490 e. The third kappa shape index (κ3) is 2.02. The first-order valence-corrected chi connectivity index (χ1v) is 7.04. The number of rotatable bonds is 2. The number of benzene rings is 1. The maximum Gasteiger partial charge on any atom is 0.263 e. The number of ether oxygens (including phenoxy) is 1. The second-order valence-corrected chi connectivity index (χ2v) is 5.25. The molecule has 0 spiro atoms. The SMILES string of the molecule is Cc1noc2ncnc(Nc3ccc4c(c3)N(C)CCO4)c12. The minimum Gasteiger partial charge on any atom is -0.490 e. The summed E-state index contributed by atoms with van der Waals surface area (Å²) in [6.45, 7) is 3.45. The lowest BCUT2D eigenvalue weighted by Gasteiger charge is -2.28. The summed E-state index contributed by atoms with van der Waals surface area (Å²) in [6, 6.07) is 5.98. The lowest BCUT2D eigenvalue weighted by Crippen LogP contribution is -2.28. The van der Waals surface area contributed by atoms with Crippen molar-refractivity contribution in [1.82, 2.24) is 15.1 Å². The predicted octanol–water partition coefficient (Wildman–Crippen LogP) is 2.50. The molecule has 0 aliphatic carbocycles. The first-order chi connectivity index (χ1) is 10.7. The normalized spacial score (nSPS) is 13.8. The highest BCUT2D eigenvalue weighted by molar-refractivity contribution is 5.89. The van der Waals surface area contributed by atoms with Crippen LogP contribution < -0.4 is 15.0 Å². The molecule has 4 rings (SSSR count). The van der Waals surface area contributed by atoms with E-state index in [9.17, 15) is 0 Å². The van der Waals surface area contributed by atoms with Gasteiger partial charge in [0, 0.05) is 12.7 Å². The van der Waals surface area contributed by atoms with Crippen molar-refractivity contribution in [3.05, 3.63) is 30.2 Å². The third-order valence-electron chi connectivity index (χ3n) is 3.76. The van der Waals surface area contributed by atoms with Gasteiger partial charge in [0.05, 0.1) is 17.9 Å². The molecule has 112 valence electrons. The second-order valence-electron chi connectivity index (χ2n) is 5.25. The second kappa shape index (κ2) is 4.87. The molecule has 0 saturated carbocycles. The fourth-order valence-electron chi connectivity index (χ4n) is 2.58. The zero-order valence-corrected chi connectivity index (χ0v) is 12.3. The fourth-order valence-corrected chi connectivity index (χ4v) is 2.58. The smallest absolute Gasteiger partial charge is 0.263 e. The Kier molecular flexibility index (Phi) is 2.85. The Morgan fingerprint density at radius 3 is 3.09 bits per heavy atom. The summed E-state index contributed by atoms with van der Waals surface area (Å²) in [5.74, 6) is 1.58. The average molecular weight is 297 g/mol. The van der Waals surface area contributed by atoms with Crippen LogP contribution in [0.3, 0.4) is 0 Å². The fraction of sp³-hybridized carbons (Fsp3) is 0.267. The van der Waals surface area contributed by atoms with Crippen LogP contribution in [-0.2, 0) is 0 Å². The van der Waals surface area contributed by atoms with E-state index in [0.717, 1.165) is 34.7 Å². The number of aromatic nitrogens is 3. The molecule has 0 bridgehead atoms. The number of hydrogen-bond donors (Lipinski definition) is 1. The van der Waals surface area contributed by atoms with E-state index in [1.807, 2.05) is 25.1 Å². The van der Waals surface area contributed by atoms with Gasteiger partial charge >= 0.3 is 0 Å². The van der Waals surface area contributed by atoms with Gasteiger partial charge in [0.25, 0.3) is 5.71 Å². The van der Waals surface area contributed by atoms with E-state index in [2.05, 4.69) is 32.4 Å². The van der Waals surface area contributed by atoms with Gasteiger partial charge in [-0.25, -0.2) is 4.98 Å². The summed E-state index contributed by atoms with van der Waals surface area (Å²) in [5, 5.41) is 8.04. The number of aryl methyl sites for hydroxylation is 1. The highest BCUT2D eigenvalue weighted by atomic mass is 16.5. The molecule has 0 amide bonds. The van der Waals surface area contributed by atoms with Crippen LogP contribution in [-0.4, -0.2) is 35.3 Å². The summed E-state index contributed by atoms with van der Waals surface area (Å²) >= 11 is 0. The van der Waals surface area contributed by atoms with Gasteiger partial charge in [-0.2, -0.15) is 4.98 Å². The summed E-state index contributed by atoms with van der Waals surface area (Å²) in [7, 11) is 2.05. The molecule has 0 fully saturated rings. The lowest BCUT2D eigenvalue weighted by atomic mass is 10.2. The van der Waals surface area contributed by atoms with Crippen molar-refractivity contribution >= 4 is 28.3 Å². The molecule has 3 heterocycles. The molecule has 0 saturated heterocycles. The van der Waals surface area contributed by atoms with Crippen molar-refractivity contribution in [3.8, 4) is 5.75 Å². The number of nitrogens with zero attached hydrogens (tertiary/aromatic N) is 4. The van der Waals surface area contributed by atoms with Gasteiger partial charge in [-0.15, -0.1) is 0 Å². The van der Waals surface area contributed by atoms with Gasteiger partial charge in [-0.1, -0.05) is 5.16 Å². The molecule has 22 heavy (non-hydrogen) atoms. The van der Waals surface area contributed by atoms with Crippen molar-refractivity contribution < 1.29 is 9.26 Å². The van der Waals surface area contributed by atoms with E-state index < -0.39 is 0 Å². The van der Waals surface area contributed by atoms with Crippen molar-refractivity contribution in [2.45, 2.75) is 6.92 Å². The maximum absolute atomic E-state index is 5.66. The minimum absolute atomic E-state index is 0.480. The molecular weight excluding hydrogens is 282 g/mol. The van der Waals surface area contributed by atoms with E-state index in [1.54, 1.807) is 0 Å². The Bertz CT molecular complexity index is 845. The molecule has 0 atom stereocenters. The summed E-state index contributed by atoms with van der Waals surface area (Å²) in [5.41, 5.74) is 3.23. The zero-order valence-electron chi connectivity index (χ0n) is 12.3. The molecule has 3 aromatic rings. The third-order valence-corrected chi connectivity index (χ3v) is 3.76. The van der Waals surface area contributed by atoms with Gasteiger partial charge in [0.15, 0.2) is 0 Å². The van der Waals surface area contributed by atoms with Crippen LogP contribution in [0.25, 0.3) is 11.1 Å². The van der Waals surface area contributed by atoms with Crippen LogP contribution in [0.1, 0.15) is 5.69 Å². The molecule has 1 aliphatic heterocycles. The molecule has 7 heteroatoms. The molecule has 1 aromatic carbocycles. The highest BCUT2D eigenvalue weighted by Crippen LogP contribution is 2.34. The Morgan fingerprint density at radius 2 is 2.18 bits per heavy atom. The first-order valence-electron chi connectivity index (χ1n) is 7.04. The van der Waals surface area contributed by atoms with Gasteiger partial charge in [-0.05, 0) is 25.1 Å². The van der Waals surface area contributed by atoms with Crippen molar-refractivity contribution in [1.29, 1.82) is 0 Å². The first kappa shape index (κ1) is 12.9. The summed E-state index contributed by atoms with van der Waals surface area (Å²) in [6.07, 6.45) is 1.46. The Labute approximate surface area is 126 Å². The van der Waals surface area contributed by atoms with Crippen LogP contribution in [0.15, 0.2) is 29.0 Å². The minimum atomic E-state index is 0.480. The monoisotopic (exact) mass is 297 g/mol. The zero-order chi connectivity index (χ0) is 15.1. The topological polar surface area (TPSA) is 76.3 Å². The molecule has 1 aliphatic rings. The van der Waals surface area contributed by atoms with Crippen LogP contribution in [0.5, 0.6) is 5.75 Å². The number of nitrogens with one attached hydrogen (secondary N) is 1. The molecular formula is C15H15N5O2. The summed E-state index contributed by atoms with van der Waals surface area (Å²) in [4.78, 5) is 10.5. The molecule has 7 nitrogen and oxygen atoms in total. The average Bonchev–Trinajstić information content (AvgIpc) is 2.91. The van der Waals surface area contributed by atoms with E-state index in [0.29, 0.717) is 18.1 Å². The number of hydrogen-bond acceptors (Lipinski definition) is 7. The van der Waals surface area contributed by atoms with Gasteiger partial charge < -0.3 is 19.5 Å². The number of anilines is 3. The quantitative estimate of drug-likeness (QED) is 0.778. The Balaban J connectivity index is 1.74. The van der Waals surface area contributed by atoms with Gasteiger partial charge in [0.2, 0.25) is 0 Å². The summed E-state index contributed by atoms with van der Waals surface area (Å²) < 4.78 is 10.8. The van der Waals surface area contributed by atoms with Crippen LogP contribution >= 0.6 is 0 Å². The molecule has 1 N–H and O–H groups in total. The van der Waals surface area contributed by atoms with Crippen molar-refractivity contribution in [2.75, 3.05) is 30.4 Å². The van der Waals surface area contributed by atoms with Gasteiger partial charge in [-0.3, -0.25) is 0 Å². The van der Waals surface area contributed by atoms with E-state index >= 15 is 0 Å². The number of likely N-dealkylation sites (N-methyl/N-ethyl adjacent to an activating group) is 1. The Morgan fingerprint density at radius 1 is 1.27 bits per heavy atom. The molecule has 2 aromatic heterocycles. The van der Waals surface area contributed by atoms with E-state index in [-0.39, 0.29) is 0 Å². The van der Waals surface area contributed by atoms with E-state index in [4.69, 9.17) is 9.26 Å². The predicted molar refractivity (Wildman–Crippen MR) is 82.8 cm³/mol. The molecule has 0 unspecified atom stereocenters. The van der Waals surface area contributed by atoms with Crippen molar-refractivity contribution in [3.63, 3.8) is 0 Å². The number of fused-ring (bicyclic) bond motifs is 2. The van der Waals surface area contributed by atoms with Crippen molar-refractivity contribution in [2.24, 2.45) is 0 Å². The molecule has 0 radical (unpaired) electrons. The van der Waals surface area contributed by atoms with Crippen LogP contribution in [0.4, 0.5) is 17.2 Å². The highest BCUT2D eigenvalue weighted by Gasteiger charge is 2.16. The standard InChI is InChI=1S/C15H15N5O2/c1-9-13-14(16-8-17-15(13)22-19-9)18-10-3-4-12-11(7-10)20(2)5-6-21-12/h3-4,7-8H,5-6H2,1-2H3,(H,16,17,18). The maximum atomic E-state index is 5.66. The Hall–Kier alpha value is -2.83. The van der Waals surface area contributed by atoms with Crippen LogP contribution in [0, 0.1) is 6.92 Å². The lowest BCUT2D eigenvalue weighted by molar-refractivity contribution is 0.311. The van der Waals surface area contributed by atoms with Crippen LogP contribution in [0.2, 0.25) is 0 Å². The van der Waals surface area contributed by atoms with E-state index in [1.165, 1.54) is 6.33 Å². The van der Waals surface area contributed by atoms with Gasteiger partial charge in [0.1, 0.15) is 29.9 Å².